The molecule has 1 radical (unpaired) electrons. The molecule has 18 heavy (non-hydrogen) atoms. The molecule has 0 aliphatic carbocycles. The Labute approximate surface area is 107 Å². The summed E-state index contributed by atoms with van der Waals surface area (Å²) in [5.41, 5.74) is 1.02. The van der Waals surface area contributed by atoms with Crippen LogP contribution in [0.1, 0.15) is 5.56 Å². The van der Waals surface area contributed by atoms with E-state index in [4.69, 9.17) is 4.74 Å². The molecule has 0 bridgehead atoms. The fourth-order valence-corrected chi connectivity index (χ4v) is 2.56. The topological polar surface area (TPSA) is 72.5 Å². The standard InChI is InChI=1S/C12H16NO4S/c1-17-12(9-14)10-18(15,16)13-8-7-11-5-3-2-4-6-11/h3-6,9,12-13H,7-8,10H2,1H3. The van der Waals surface area contributed by atoms with Crippen LogP contribution in [-0.4, -0.2) is 40.2 Å². The molecule has 0 heterocycles. The zero-order chi connectivity index (χ0) is 13.4. The van der Waals surface area contributed by atoms with E-state index in [-0.39, 0.29) is 5.75 Å². The third-order valence-corrected chi connectivity index (χ3v) is 3.77. The van der Waals surface area contributed by atoms with Gasteiger partial charge in [0, 0.05) is 13.7 Å². The molecule has 5 nitrogen and oxygen atoms in total. The molecule has 0 aromatic heterocycles. The number of methoxy groups -OCH3 is 1. The van der Waals surface area contributed by atoms with E-state index in [9.17, 15) is 13.2 Å². The van der Waals surface area contributed by atoms with Gasteiger partial charge in [0.05, 0.1) is 5.75 Å². The molecule has 0 amide bonds. The van der Waals surface area contributed by atoms with Crippen LogP contribution in [-0.2, 0) is 26.0 Å². The summed E-state index contributed by atoms with van der Waals surface area (Å²) in [5.74, 6) is -0.352. The van der Waals surface area contributed by atoms with Crippen LogP contribution in [0.4, 0.5) is 0 Å². The first-order chi connectivity index (χ1) is 8.57. The first-order valence-electron chi connectivity index (χ1n) is 5.48. The Hall–Kier alpha value is -1.24. The minimum absolute atomic E-state index is 0.293. The van der Waals surface area contributed by atoms with Gasteiger partial charge in [-0.15, -0.1) is 0 Å². The average Bonchev–Trinajstić information content (AvgIpc) is 2.37. The predicted molar refractivity (Wildman–Crippen MR) is 67.6 cm³/mol. The summed E-state index contributed by atoms with van der Waals surface area (Å²) in [6, 6.07) is 10.2. The lowest BCUT2D eigenvalue weighted by Gasteiger charge is -2.10. The van der Waals surface area contributed by atoms with Crippen LogP contribution in [0, 0.1) is 6.07 Å². The van der Waals surface area contributed by atoms with Gasteiger partial charge in [-0.05, 0) is 18.1 Å². The molecule has 0 saturated heterocycles. The Kier molecular flexibility index (Phi) is 5.97. The Morgan fingerprint density at radius 1 is 1.44 bits per heavy atom. The molecule has 1 atom stereocenters. The van der Waals surface area contributed by atoms with Crippen LogP contribution in [0.5, 0.6) is 0 Å². The van der Waals surface area contributed by atoms with Gasteiger partial charge in [-0.25, -0.2) is 13.1 Å². The van der Waals surface area contributed by atoms with Gasteiger partial charge in [0.2, 0.25) is 10.0 Å². The Bertz CT molecular complexity index is 458. The van der Waals surface area contributed by atoms with Gasteiger partial charge < -0.3 is 9.53 Å². The van der Waals surface area contributed by atoms with Gasteiger partial charge in [-0.2, -0.15) is 0 Å². The maximum Gasteiger partial charge on any atom is 0.214 e. The number of ether oxygens (including phenoxy) is 1. The minimum atomic E-state index is -3.49. The minimum Gasteiger partial charge on any atom is -0.373 e. The first kappa shape index (κ1) is 14.8. The molecule has 0 fully saturated rings. The van der Waals surface area contributed by atoms with Crippen LogP contribution in [0.15, 0.2) is 24.3 Å². The molecule has 99 valence electrons. The first-order valence-corrected chi connectivity index (χ1v) is 7.13. The largest absolute Gasteiger partial charge is 0.373 e. The van der Waals surface area contributed by atoms with Crippen LogP contribution >= 0.6 is 0 Å². The van der Waals surface area contributed by atoms with E-state index < -0.39 is 16.1 Å². The Morgan fingerprint density at radius 3 is 2.67 bits per heavy atom. The van der Waals surface area contributed by atoms with E-state index >= 15 is 0 Å². The summed E-state index contributed by atoms with van der Waals surface area (Å²) < 4.78 is 30.3. The normalized spacial score (nSPS) is 13.2. The van der Waals surface area contributed by atoms with Gasteiger partial charge in [0.25, 0.3) is 0 Å². The van der Waals surface area contributed by atoms with Gasteiger partial charge in [0.1, 0.15) is 12.4 Å². The number of nitrogens with one attached hydrogen (secondary N) is 1. The van der Waals surface area contributed by atoms with Gasteiger partial charge in [-0.1, -0.05) is 24.3 Å². The number of benzene rings is 1. The highest BCUT2D eigenvalue weighted by molar-refractivity contribution is 7.89. The van der Waals surface area contributed by atoms with E-state index in [2.05, 4.69) is 10.8 Å². The smallest absolute Gasteiger partial charge is 0.214 e. The third kappa shape index (κ3) is 5.39. The molecular weight excluding hydrogens is 254 g/mol. The molecule has 6 heteroatoms. The van der Waals surface area contributed by atoms with E-state index in [0.717, 1.165) is 5.56 Å². The highest BCUT2D eigenvalue weighted by atomic mass is 32.2. The second-order valence-corrected chi connectivity index (χ2v) is 5.60. The molecule has 0 aliphatic heterocycles. The van der Waals surface area contributed by atoms with E-state index in [1.165, 1.54) is 7.11 Å². The lowest BCUT2D eigenvalue weighted by molar-refractivity contribution is -0.115. The Morgan fingerprint density at radius 2 is 2.11 bits per heavy atom. The zero-order valence-corrected chi connectivity index (χ0v) is 10.9. The predicted octanol–water partition coefficient (Wildman–Crippen LogP) is 0.163. The van der Waals surface area contributed by atoms with Gasteiger partial charge in [0.15, 0.2) is 0 Å². The molecule has 1 unspecified atom stereocenters. The summed E-state index contributed by atoms with van der Waals surface area (Å²) in [7, 11) is -2.19. The maximum atomic E-state index is 11.6. The van der Waals surface area contributed by atoms with Crippen LogP contribution < -0.4 is 4.72 Å². The summed E-state index contributed by atoms with van der Waals surface area (Å²) in [4.78, 5) is 10.5. The molecule has 1 aromatic carbocycles. The number of hydrogen-bond acceptors (Lipinski definition) is 4. The molecule has 0 spiro atoms. The molecule has 1 aromatic rings. The summed E-state index contributed by atoms with van der Waals surface area (Å²) >= 11 is 0. The summed E-state index contributed by atoms with van der Waals surface area (Å²) in [5, 5.41) is 0. The van der Waals surface area contributed by atoms with Crippen LogP contribution in [0.3, 0.4) is 0 Å². The molecule has 1 N–H and O–H groups in total. The number of sulfonamides is 1. The van der Waals surface area contributed by atoms with Crippen molar-refractivity contribution in [3.63, 3.8) is 0 Å². The van der Waals surface area contributed by atoms with Crippen molar-refractivity contribution in [2.45, 2.75) is 12.5 Å². The molecule has 1 rings (SSSR count). The number of rotatable bonds is 8. The number of carbonyl (C=O) groups is 1. The van der Waals surface area contributed by atoms with Crippen molar-refractivity contribution in [2.75, 3.05) is 19.4 Å². The Balaban J connectivity index is 2.40. The molecule has 0 saturated carbocycles. The third-order valence-electron chi connectivity index (χ3n) is 2.36. The van der Waals surface area contributed by atoms with Gasteiger partial charge >= 0.3 is 0 Å². The van der Waals surface area contributed by atoms with Crippen molar-refractivity contribution >= 4 is 16.3 Å². The fourth-order valence-electron chi connectivity index (χ4n) is 1.38. The quantitative estimate of drug-likeness (QED) is 0.683. The van der Waals surface area contributed by atoms with Gasteiger partial charge in [-0.3, -0.25) is 0 Å². The van der Waals surface area contributed by atoms with E-state index in [1.807, 2.05) is 12.1 Å². The highest BCUT2D eigenvalue weighted by Crippen LogP contribution is 1.99. The van der Waals surface area contributed by atoms with Crippen LogP contribution in [0.2, 0.25) is 0 Å². The van der Waals surface area contributed by atoms with Crippen molar-refractivity contribution in [3.05, 3.63) is 35.9 Å². The van der Waals surface area contributed by atoms with E-state index in [0.29, 0.717) is 19.3 Å². The highest BCUT2D eigenvalue weighted by Gasteiger charge is 2.17. The zero-order valence-electron chi connectivity index (χ0n) is 10.1. The second kappa shape index (κ2) is 7.25. The molecule has 0 aliphatic rings. The lowest BCUT2D eigenvalue weighted by atomic mass is 10.2. The van der Waals surface area contributed by atoms with E-state index in [1.54, 1.807) is 12.1 Å². The van der Waals surface area contributed by atoms with Crippen molar-refractivity contribution in [1.29, 1.82) is 0 Å². The number of aldehydes is 1. The van der Waals surface area contributed by atoms with Crippen molar-refractivity contribution in [1.82, 2.24) is 4.72 Å². The van der Waals surface area contributed by atoms with Crippen LogP contribution in [0.25, 0.3) is 0 Å². The summed E-state index contributed by atoms with van der Waals surface area (Å²) in [6.07, 6.45) is 0.146. The van der Waals surface area contributed by atoms with Crippen molar-refractivity contribution < 1.29 is 17.9 Å². The lowest BCUT2D eigenvalue weighted by Crippen LogP contribution is -2.34. The average molecular weight is 270 g/mol. The monoisotopic (exact) mass is 270 g/mol. The number of carbonyl (C=O) groups excluding carboxylic acids is 1. The second-order valence-electron chi connectivity index (χ2n) is 3.74. The number of hydrogen-bond donors (Lipinski definition) is 1. The molecular formula is C12H16NO4S. The summed E-state index contributed by atoms with van der Waals surface area (Å²) in [6.45, 7) is 0.293. The van der Waals surface area contributed by atoms with Crippen molar-refractivity contribution in [2.24, 2.45) is 0 Å². The maximum absolute atomic E-state index is 11.6. The van der Waals surface area contributed by atoms with Crippen molar-refractivity contribution in [3.8, 4) is 0 Å². The fraction of sp³-hybridized carbons (Fsp3) is 0.417. The SMILES string of the molecule is COC(C=O)CS(=O)(=O)NCCc1cc[c]cc1.